The van der Waals surface area contributed by atoms with Crippen molar-refractivity contribution in [3.8, 4) is 0 Å². The second-order valence-electron chi connectivity index (χ2n) is 4.07. The first-order valence-corrected chi connectivity index (χ1v) is 5.83. The van der Waals surface area contributed by atoms with Crippen LogP contribution in [0.3, 0.4) is 0 Å². The standard InChI is InChI=1S/C13H19NO/c1-2-11-5-3-6-12(9-11)14-10-13-7-4-8-15-13/h3,5-6,9,13-14H,2,4,7-8,10H2,1H3. The number of hydrogen-bond donors (Lipinski definition) is 1. The topological polar surface area (TPSA) is 21.3 Å². The van der Waals surface area contributed by atoms with Gasteiger partial charge in [0.2, 0.25) is 0 Å². The van der Waals surface area contributed by atoms with E-state index < -0.39 is 0 Å². The highest BCUT2D eigenvalue weighted by molar-refractivity contribution is 5.45. The van der Waals surface area contributed by atoms with Crippen molar-refractivity contribution in [3.05, 3.63) is 29.8 Å². The van der Waals surface area contributed by atoms with Crippen LogP contribution in [0.25, 0.3) is 0 Å². The van der Waals surface area contributed by atoms with Crippen molar-refractivity contribution in [2.45, 2.75) is 32.3 Å². The van der Waals surface area contributed by atoms with Crippen molar-refractivity contribution in [3.63, 3.8) is 0 Å². The highest BCUT2D eigenvalue weighted by atomic mass is 16.5. The fraction of sp³-hybridized carbons (Fsp3) is 0.538. The van der Waals surface area contributed by atoms with Crippen LogP contribution in [-0.2, 0) is 11.2 Å². The van der Waals surface area contributed by atoms with Gasteiger partial charge in [-0.3, -0.25) is 0 Å². The van der Waals surface area contributed by atoms with Crippen LogP contribution >= 0.6 is 0 Å². The predicted molar refractivity (Wildman–Crippen MR) is 63.3 cm³/mol. The van der Waals surface area contributed by atoms with Gasteiger partial charge in [-0.2, -0.15) is 0 Å². The lowest BCUT2D eigenvalue weighted by atomic mass is 10.1. The van der Waals surface area contributed by atoms with Crippen LogP contribution in [0.5, 0.6) is 0 Å². The maximum atomic E-state index is 5.57. The summed E-state index contributed by atoms with van der Waals surface area (Å²) in [6.07, 6.45) is 3.91. The monoisotopic (exact) mass is 205 g/mol. The molecule has 1 aromatic rings. The van der Waals surface area contributed by atoms with Crippen LogP contribution in [-0.4, -0.2) is 19.3 Å². The van der Waals surface area contributed by atoms with E-state index in [1.54, 1.807) is 0 Å². The van der Waals surface area contributed by atoms with E-state index in [0.29, 0.717) is 6.10 Å². The second kappa shape index (κ2) is 5.17. The Morgan fingerprint density at radius 3 is 3.13 bits per heavy atom. The smallest absolute Gasteiger partial charge is 0.0748 e. The van der Waals surface area contributed by atoms with Crippen molar-refractivity contribution in [1.82, 2.24) is 0 Å². The van der Waals surface area contributed by atoms with Gasteiger partial charge in [0.05, 0.1) is 6.10 Å². The second-order valence-corrected chi connectivity index (χ2v) is 4.07. The summed E-state index contributed by atoms with van der Waals surface area (Å²) in [7, 11) is 0. The Morgan fingerprint density at radius 1 is 1.47 bits per heavy atom. The van der Waals surface area contributed by atoms with E-state index in [4.69, 9.17) is 4.74 Å². The summed E-state index contributed by atoms with van der Waals surface area (Å²) in [5.41, 5.74) is 2.59. The molecule has 1 aliphatic rings. The molecule has 2 heteroatoms. The van der Waals surface area contributed by atoms with Gasteiger partial charge in [-0.15, -0.1) is 0 Å². The van der Waals surface area contributed by atoms with E-state index in [9.17, 15) is 0 Å². The molecule has 1 fully saturated rings. The molecule has 15 heavy (non-hydrogen) atoms. The normalized spacial score (nSPS) is 20.5. The van der Waals surface area contributed by atoms with Crippen LogP contribution in [0.1, 0.15) is 25.3 Å². The molecule has 0 spiro atoms. The molecule has 1 aromatic carbocycles. The summed E-state index contributed by atoms with van der Waals surface area (Å²) in [5.74, 6) is 0. The third-order valence-electron chi connectivity index (χ3n) is 2.89. The lowest BCUT2D eigenvalue weighted by Gasteiger charge is -2.12. The molecular formula is C13H19NO. The summed E-state index contributed by atoms with van der Waals surface area (Å²) in [5, 5.41) is 3.44. The van der Waals surface area contributed by atoms with E-state index in [1.807, 2.05) is 0 Å². The number of hydrogen-bond acceptors (Lipinski definition) is 2. The number of rotatable bonds is 4. The van der Waals surface area contributed by atoms with Gasteiger partial charge in [-0.1, -0.05) is 19.1 Å². The van der Waals surface area contributed by atoms with Crippen LogP contribution < -0.4 is 5.32 Å². The molecule has 1 saturated heterocycles. The molecule has 1 heterocycles. The summed E-state index contributed by atoms with van der Waals surface area (Å²) >= 11 is 0. The molecule has 0 aliphatic carbocycles. The zero-order valence-corrected chi connectivity index (χ0v) is 9.33. The largest absolute Gasteiger partial charge is 0.382 e. The third-order valence-corrected chi connectivity index (χ3v) is 2.89. The van der Waals surface area contributed by atoms with Gasteiger partial charge in [0.25, 0.3) is 0 Å². The Kier molecular flexibility index (Phi) is 3.62. The summed E-state index contributed by atoms with van der Waals surface area (Å²) in [6, 6.07) is 8.61. The minimum atomic E-state index is 0.412. The molecule has 1 N–H and O–H groups in total. The van der Waals surface area contributed by atoms with Gasteiger partial charge < -0.3 is 10.1 Å². The number of benzene rings is 1. The van der Waals surface area contributed by atoms with Crippen LogP contribution in [0.2, 0.25) is 0 Å². The fourth-order valence-electron chi connectivity index (χ4n) is 1.94. The number of anilines is 1. The molecule has 2 nitrogen and oxygen atoms in total. The maximum absolute atomic E-state index is 5.57. The van der Waals surface area contributed by atoms with Crippen molar-refractivity contribution >= 4 is 5.69 Å². The quantitative estimate of drug-likeness (QED) is 0.816. The molecule has 0 aromatic heterocycles. The van der Waals surface area contributed by atoms with Crippen LogP contribution in [0, 0.1) is 0 Å². The lowest BCUT2D eigenvalue weighted by molar-refractivity contribution is 0.120. The zero-order valence-electron chi connectivity index (χ0n) is 9.33. The molecule has 1 aliphatic heterocycles. The Hall–Kier alpha value is -1.02. The zero-order chi connectivity index (χ0) is 10.5. The minimum Gasteiger partial charge on any atom is -0.382 e. The molecule has 0 bridgehead atoms. The van der Waals surface area contributed by atoms with Gasteiger partial charge in [0.1, 0.15) is 0 Å². The summed E-state index contributed by atoms with van der Waals surface area (Å²) < 4.78 is 5.57. The third kappa shape index (κ3) is 2.96. The van der Waals surface area contributed by atoms with Gasteiger partial charge in [-0.05, 0) is 37.0 Å². The molecule has 82 valence electrons. The Labute approximate surface area is 91.6 Å². The minimum absolute atomic E-state index is 0.412. The Bertz CT molecular complexity index is 305. The fourth-order valence-corrected chi connectivity index (χ4v) is 1.94. The van der Waals surface area contributed by atoms with Gasteiger partial charge in [0, 0.05) is 18.8 Å². The first-order chi connectivity index (χ1) is 7.38. The highest BCUT2D eigenvalue weighted by Gasteiger charge is 2.14. The first-order valence-electron chi connectivity index (χ1n) is 5.83. The van der Waals surface area contributed by atoms with E-state index in [-0.39, 0.29) is 0 Å². The number of ether oxygens (including phenoxy) is 1. The molecule has 0 amide bonds. The van der Waals surface area contributed by atoms with Gasteiger partial charge in [0.15, 0.2) is 0 Å². The van der Waals surface area contributed by atoms with E-state index in [2.05, 4.69) is 36.5 Å². The van der Waals surface area contributed by atoms with E-state index in [1.165, 1.54) is 24.1 Å². The van der Waals surface area contributed by atoms with Crippen molar-refractivity contribution in [2.24, 2.45) is 0 Å². The van der Waals surface area contributed by atoms with Crippen LogP contribution in [0.4, 0.5) is 5.69 Å². The Balaban J connectivity index is 1.86. The maximum Gasteiger partial charge on any atom is 0.0748 e. The van der Waals surface area contributed by atoms with Gasteiger partial charge in [-0.25, -0.2) is 0 Å². The number of nitrogens with one attached hydrogen (secondary N) is 1. The predicted octanol–water partition coefficient (Wildman–Crippen LogP) is 2.84. The van der Waals surface area contributed by atoms with Crippen molar-refractivity contribution < 1.29 is 4.74 Å². The lowest BCUT2D eigenvalue weighted by Crippen LogP contribution is -2.18. The summed E-state index contributed by atoms with van der Waals surface area (Å²) in [4.78, 5) is 0. The number of aryl methyl sites for hydroxylation is 1. The average Bonchev–Trinajstić information content (AvgIpc) is 2.79. The van der Waals surface area contributed by atoms with Crippen molar-refractivity contribution in [2.75, 3.05) is 18.5 Å². The van der Waals surface area contributed by atoms with E-state index in [0.717, 1.165) is 19.6 Å². The molecular weight excluding hydrogens is 186 g/mol. The molecule has 0 radical (unpaired) electrons. The molecule has 0 saturated carbocycles. The van der Waals surface area contributed by atoms with Crippen LogP contribution in [0.15, 0.2) is 24.3 Å². The molecule has 1 atom stereocenters. The van der Waals surface area contributed by atoms with Crippen molar-refractivity contribution in [1.29, 1.82) is 0 Å². The molecule has 1 unspecified atom stereocenters. The first kappa shape index (κ1) is 10.5. The molecule has 2 rings (SSSR count). The summed E-state index contributed by atoms with van der Waals surface area (Å²) in [6.45, 7) is 4.05. The average molecular weight is 205 g/mol. The highest BCUT2D eigenvalue weighted by Crippen LogP contribution is 2.15. The van der Waals surface area contributed by atoms with E-state index >= 15 is 0 Å². The van der Waals surface area contributed by atoms with Gasteiger partial charge >= 0.3 is 0 Å². The SMILES string of the molecule is CCc1cccc(NCC2CCCO2)c1. The Morgan fingerprint density at radius 2 is 2.40 bits per heavy atom.